The highest BCUT2D eigenvalue weighted by atomic mass is 79.9. The van der Waals surface area contributed by atoms with E-state index in [0.717, 1.165) is 4.47 Å². The third kappa shape index (κ3) is 2.84. The van der Waals surface area contributed by atoms with E-state index in [2.05, 4.69) is 21.2 Å². The second-order valence-corrected chi connectivity index (χ2v) is 7.19. The molecule has 1 saturated carbocycles. The Labute approximate surface area is 138 Å². The lowest BCUT2D eigenvalue weighted by Gasteiger charge is -2.57. The predicted octanol–water partition coefficient (Wildman–Crippen LogP) is 3.57. The molecule has 0 heterocycles. The molecule has 0 spiro atoms. The molecule has 1 aromatic carbocycles. The van der Waals surface area contributed by atoms with Gasteiger partial charge in [-0.2, -0.15) is 0 Å². The summed E-state index contributed by atoms with van der Waals surface area (Å²) in [5.41, 5.74) is 5.61. The second kappa shape index (κ2) is 5.88. The highest BCUT2D eigenvalue weighted by Gasteiger charge is 2.62. The van der Waals surface area contributed by atoms with Crippen LogP contribution in [0.1, 0.15) is 27.2 Å². The number of halogens is 2. The van der Waals surface area contributed by atoms with Crippen molar-refractivity contribution in [3.05, 3.63) is 27.7 Å². The van der Waals surface area contributed by atoms with Gasteiger partial charge in [0, 0.05) is 28.6 Å². The maximum atomic E-state index is 12.5. The van der Waals surface area contributed by atoms with E-state index >= 15 is 0 Å². The molecule has 6 heteroatoms. The summed E-state index contributed by atoms with van der Waals surface area (Å²) in [7, 11) is 0. The summed E-state index contributed by atoms with van der Waals surface area (Å²) < 4.78 is 6.42. The van der Waals surface area contributed by atoms with Crippen molar-refractivity contribution in [2.24, 2.45) is 11.1 Å². The van der Waals surface area contributed by atoms with Crippen molar-refractivity contribution in [3.63, 3.8) is 0 Å². The van der Waals surface area contributed by atoms with Crippen LogP contribution < -0.4 is 11.1 Å². The van der Waals surface area contributed by atoms with Gasteiger partial charge in [0.15, 0.2) is 0 Å². The number of ether oxygens (including phenoxy) is 1. The smallest absolute Gasteiger partial charge is 0.245 e. The van der Waals surface area contributed by atoms with Crippen LogP contribution in [0.3, 0.4) is 0 Å². The molecule has 1 fully saturated rings. The predicted molar refractivity (Wildman–Crippen MR) is 88.5 cm³/mol. The third-order valence-electron chi connectivity index (χ3n) is 4.41. The fraction of sp³-hybridized carbons (Fsp3) is 0.533. The first-order valence-corrected chi connectivity index (χ1v) is 8.06. The number of carbonyl (C=O) groups excluding carboxylic acids is 1. The van der Waals surface area contributed by atoms with Crippen LogP contribution >= 0.6 is 27.5 Å². The normalized spacial score (nSPS) is 27.0. The molecule has 2 rings (SSSR count). The molecule has 4 nitrogen and oxygen atoms in total. The van der Waals surface area contributed by atoms with Gasteiger partial charge in [-0.05, 0) is 41.1 Å². The van der Waals surface area contributed by atoms with Gasteiger partial charge in [0.25, 0.3) is 0 Å². The average Bonchev–Trinajstić information content (AvgIpc) is 2.42. The zero-order valence-corrected chi connectivity index (χ0v) is 14.7. The Hall–Kier alpha value is -0.620. The minimum Gasteiger partial charge on any atom is -0.378 e. The first kappa shape index (κ1) is 16.7. The van der Waals surface area contributed by atoms with E-state index in [9.17, 15) is 4.79 Å². The Kier molecular flexibility index (Phi) is 4.69. The van der Waals surface area contributed by atoms with E-state index in [-0.39, 0.29) is 12.0 Å². The summed E-state index contributed by atoms with van der Waals surface area (Å²) >= 11 is 9.35. The Balaban J connectivity index is 2.12. The molecule has 21 heavy (non-hydrogen) atoms. The van der Waals surface area contributed by atoms with Gasteiger partial charge in [0.05, 0.1) is 11.1 Å². The fourth-order valence-electron chi connectivity index (χ4n) is 2.64. The summed E-state index contributed by atoms with van der Waals surface area (Å²) in [5, 5.41) is 3.39. The van der Waals surface area contributed by atoms with Crippen molar-refractivity contribution in [2.75, 3.05) is 11.9 Å². The number of anilines is 1. The summed E-state index contributed by atoms with van der Waals surface area (Å²) in [6.07, 6.45) is 0.524. The highest BCUT2D eigenvalue weighted by molar-refractivity contribution is 9.10. The third-order valence-corrected chi connectivity index (χ3v) is 5.65. The van der Waals surface area contributed by atoms with Crippen LogP contribution in [0.4, 0.5) is 5.69 Å². The van der Waals surface area contributed by atoms with E-state index < -0.39 is 11.0 Å². The zero-order chi connectivity index (χ0) is 15.8. The van der Waals surface area contributed by atoms with Crippen LogP contribution in [-0.4, -0.2) is 24.2 Å². The Bertz CT molecular complexity index is 565. The van der Waals surface area contributed by atoms with Crippen LogP contribution in [0, 0.1) is 5.41 Å². The molecule has 116 valence electrons. The fourth-order valence-corrected chi connectivity index (χ4v) is 3.06. The SMILES string of the molecule is CCOC1CC(N)(C(=O)Nc2ccc(Br)c(Cl)c2)C1(C)C. The molecular formula is C15H20BrClN2O2. The summed E-state index contributed by atoms with van der Waals surface area (Å²) in [5.74, 6) is -0.207. The van der Waals surface area contributed by atoms with Crippen LogP contribution in [0.2, 0.25) is 5.02 Å². The quantitative estimate of drug-likeness (QED) is 0.845. The van der Waals surface area contributed by atoms with Crippen molar-refractivity contribution in [3.8, 4) is 0 Å². The molecule has 1 aromatic rings. The molecule has 1 aliphatic carbocycles. The number of benzene rings is 1. The van der Waals surface area contributed by atoms with E-state index in [0.29, 0.717) is 23.7 Å². The van der Waals surface area contributed by atoms with E-state index in [1.165, 1.54) is 0 Å². The van der Waals surface area contributed by atoms with E-state index in [4.69, 9.17) is 22.1 Å². The van der Waals surface area contributed by atoms with Gasteiger partial charge < -0.3 is 15.8 Å². The minimum atomic E-state index is -0.938. The first-order valence-electron chi connectivity index (χ1n) is 6.89. The van der Waals surface area contributed by atoms with E-state index in [1.54, 1.807) is 18.2 Å². The maximum absolute atomic E-state index is 12.5. The monoisotopic (exact) mass is 374 g/mol. The number of nitrogens with one attached hydrogen (secondary N) is 1. The standard InChI is InChI=1S/C15H20BrClN2O2/c1-4-21-12-8-15(18,14(12,2)3)13(20)19-9-5-6-10(16)11(17)7-9/h5-7,12H,4,8,18H2,1-3H3,(H,19,20). The van der Waals surface area contributed by atoms with Crippen LogP contribution in [0.25, 0.3) is 0 Å². The number of hydrogen-bond acceptors (Lipinski definition) is 3. The van der Waals surface area contributed by atoms with Crippen molar-refractivity contribution in [1.29, 1.82) is 0 Å². The number of nitrogens with two attached hydrogens (primary N) is 1. The number of hydrogen-bond donors (Lipinski definition) is 2. The molecular weight excluding hydrogens is 356 g/mol. The zero-order valence-electron chi connectivity index (χ0n) is 12.4. The molecule has 2 atom stereocenters. The van der Waals surface area contributed by atoms with Crippen molar-refractivity contribution < 1.29 is 9.53 Å². The summed E-state index contributed by atoms with van der Waals surface area (Å²) in [6.45, 7) is 6.49. The Morgan fingerprint density at radius 1 is 1.57 bits per heavy atom. The number of carbonyl (C=O) groups is 1. The lowest BCUT2D eigenvalue weighted by atomic mass is 9.54. The largest absolute Gasteiger partial charge is 0.378 e. The van der Waals surface area contributed by atoms with Crippen molar-refractivity contribution in [1.82, 2.24) is 0 Å². The topological polar surface area (TPSA) is 64.3 Å². The van der Waals surface area contributed by atoms with Crippen molar-refractivity contribution in [2.45, 2.75) is 38.8 Å². The van der Waals surface area contributed by atoms with Gasteiger partial charge in [-0.3, -0.25) is 4.79 Å². The molecule has 0 saturated heterocycles. The summed E-state index contributed by atoms with van der Waals surface area (Å²) in [4.78, 5) is 12.5. The second-order valence-electron chi connectivity index (χ2n) is 5.92. The number of rotatable bonds is 4. The average molecular weight is 376 g/mol. The molecule has 1 amide bonds. The lowest BCUT2D eigenvalue weighted by Crippen LogP contribution is -2.74. The van der Waals surface area contributed by atoms with Crippen molar-refractivity contribution >= 4 is 39.1 Å². The maximum Gasteiger partial charge on any atom is 0.245 e. The van der Waals surface area contributed by atoms with Crippen LogP contribution in [0.5, 0.6) is 0 Å². The first-order chi connectivity index (χ1) is 9.72. The molecule has 2 unspecified atom stereocenters. The van der Waals surface area contributed by atoms with E-state index in [1.807, 2.05) is 20.8 Å². The van der Waals surface area contributed by atoms with Gasteiger partial charge in [-0.1, -0.05) is 25.4 Å². The molecule has 0 aliphatic heterocycles. The molecule has 3 N–H and O–H groups in total. The molecule has 0 bridgehead atoms. The van der Waals surface area contributed by atoms with Gasteiger partial charge in [0.2, 0.25) is 5.91 Å². The van der Waals surface area contributed by atoms with Gasteiger partial charge >= 0.3 is 0 Å². The molecule has 1 aliphatic rings. The highest BCUT2D eigenvalue weighted by Crippen LogP contribution is 2.50. The van der Waals surface area contributed by atoms with Gasteiger partial charge in [0.1, 0.15) is 5.54 Å². The Morgan fingerprint density at radius 3 is 2.76 bits per heavy atom. The summed E-state index contributed by atoms with van der Waals surface area (Å²) in [6, 6.07) is 5.26. The Morgan fingerprint density at radius 2 is 2.24 bits per heavy atom. The van der Waals surface area contributed by atoms with Gasteiger partial charge in [-0.25, -0.2) is 0 Å². The molecule has 0 aromatic heterocycles. The van der Waals surface area contributed by atoms with Crippen LogP contribution in [-0.2, 0) is 9.53 Å². The minimum absolute atomic E-state index is 0.00626. The molecule has 0 radical (unpaired) electrons. The van der Waals surface area contributed by atoms with Crippen LogP contribution in [0.15, 0.2) is 22.7 Å². The lowest BCUT2D eigenvalue weighted by molar-refractivity contribution is -0.166. The number of amides is 1. The van der Waals surface area contributed by atoms with Gasteiger partial charge in [-0.15, -0.1) is 0 Å².